The quantitative estimate of drug-likeness (QED) is 0.494. The molecule has 3 rings (SSSR count). The fourth-order valence-electron chi connectivity index (χ4n) is 3.60. The standard InChI is InChI=1S/C21H26ClN.C2H6/c22-20-13-11-19(12-14-20)21(18-8-2-1-3-9-18)10-4-5-15-23-16-6-7-17-23;1-2/h1-3,8-9,11-14,21H,4-7,10,15-17H2;1-2H3. The van der Waals surface area contributed by atoms with Crippen LogP contribution in [0.1, 0.15) is 63.0 Å². The molecule has 0 radical (unpaired) electrons. The molecule has 25 heavy (non-hydrogen) atoms. The van der Waals surface area contributed by atoms with E-state index in [4.69, 9.17) is 11.6 Å². The molecule has 1 heterocycles. The Kier molecular flexibility index (Phi) is 9.07. The molecule has 1 unspecified atom stereocenters. The Morgan fingerprint density at radius 3 is 2.08 bits per heavy atom. The molecule has 0 N–H and O–H groups in total. The lowest BCUT2D eigenvalue weighted by molar-refractivity contribution is 0.327. The van der Waals surface area contributed by atoms with Crippen LogP contribution in [0.2, 0.25) is 5.02 Å². The zero-order valence-corrected chi connectivity index (χ0v) is 16.5. The number of rotatable bonds is 7. The van der Waals surface area contributed by atoms with Crippen molar-refractivity contribution >= 4 is 11.6 Å². The number of halogens is 1. The Balaban J connectivity index is 0.00000109. The van der Waals surface area contributed by atoms with Crippen molar-refractivity contribution in [3.63, 3.8) is 0 Å². The SMILES string of the molecule is CC.Clc1ccc(C(CCCCN2CCCC2)c2ccccc2)cc1. The summed E-state index contributed by atoms with van der Waals surface area (Å²) in [6.45, 7) is 7.88. The molecular formula is C23H32ClN. The normalized spacial score (nSPS) is 15.5. The van der Waals surface area contributed by atoms with Gasteiger partial charge in [0.1, 0.15) is 0 Å². The summed E-state index contributed by atoms with van der Waals surface area (Å²) in [7, 11) is 0. The maximum atomic E-state index is 6.06. The first-order valence-electron chi connectivity index (χ1n) is 9.86. The summed E-state index contributed by atoms with van der Waals surface area (Å²) in [6, 6.07) is 19.3. The highest BCUT2D eigenvalue weighted by molar-refractivity contribution is 6.30. The van der Waals surface area contributed by atoms with E-state index >= 15 is 0 Å². The summed E-state index contributed by atoms with van der Waals surface area (Å²) in [5, 5.41) is 0.814. The maximum Gasteiger partial charge on any atom is 0.0406 e. The van der Waals surface area contributed by atoms with Gasteiger partial charge in [-0.15, -0.1) is 0 Å². The van der Waals surface area contributed by atoms with Gasteiger partial charge >= 0.3 is 0 Å². The Bertz CT molecular complexity index is 573. The van der Waals surface area contributed by atoms with E-state index in [1.807, 2.05) is 26.0 Å². The molecule has 1 fully saturated rings. The largest absolute Gasteiger partial charge is 0.303 e. The van der Waals surface area contributed by atoms with E-state index in [1.54, 1.807) is 0 Å². The van der Waals surface area contributed by atoms with Crippen LogP contribution in [0.3, 0.4) is 0 Å². The number of hydrogen-bond donors (Lipinski definition) is 0. The van der Waals surface area contributed by atoms with Gasteiger partial charge in [-0.2, -0.15) is 0 Å². The Labute approximate surface area is 159 Å². The Hall–Kier alpha value is -1.31. The second kappa shape index (κ2) is 11.3. The van der Waals surface area contributed by atoms with Crippen LogP contribution in [0.25, 0.3) is 0 Å². The van der Waals surface area contributed by atoms with Crippen molar-refractivity contribution in [1.29, 1.82) is 0 Å². The molecule has 0 aromatic heterocycles. The highest BCUT2D eigenvalue weighted by atomic mass is 35.5. The molecule has 2 heteroatoms. The number of hydrogen-bond acceptors (Lipinski definition) is 1. The van der Waals surface area contributed by atoms with Gasteiger partial charge in [-0.25, -0.2) is 0 Å². The van der Waals surface area contributed by atoms with Gasteiger partial charge in [-0.1, -0.05) is 74.3 Å². The number of likely N-dealkylation sites (tertiary alicyclic amines) is 1. The molecule has 1 aliphatic rings. The average molecular weight is 358 g/mol. The highest BCUT2D eigenvalue weighted by Gasteiger charge is 2.15. The van der Waals surface area contributed by atoms with E-state index in [-0.39, 0.29) is 0 Å². The van der Waals surface area contributed by atoms with Crippen LogP contribution in [0.5, 0.6) is 0 Å². The van der Waals surface area contributed by atoms with Crippen molar-refractivity contribution in [2.24, 2.45) is 0 Å². The fourth-order valence-corrected chi connectivity index (χ4v) is 3.72. The fraction of sp³-hybridized carbons (Fsp3) is 0.478. The first kappa shape index (κ1) is 20.0. The number of benzene rings is 2. The molecule has 0 aliphatic carbocycles. The van der Waals surface area contributed by atoms with E-state index in [2.05, 4.69) is 47.4 Å². The monoisotopic (exact) mass is 357 g/mol. The van der Waals surface area contributed by atoms with Gasteiger partial charge in [0, 0.05) is 10.9 Å². The second-order valence-corrected chi connectivity index (χ2v) is 7.00. The van der Waals surface area contributed by atoms with E-state index in [9.17, 15) is 0 Å². The van der Waals surface area contributed by atoms with Crippen molar-refractivity contribution in [1.82, 2.24) is 4.90 Å². The Morgan fingerprint density at radius 2 is 1.44 bits per heavy atom. The minimum Gasteiger partial charge on any atom is -0.303 e. The van der Waals surface area contributed by atoms with Crippen molar-refractivity contribution < 1.29 is 0 Å². The highest BCUT2D eigenvalue weighted by Crippen LogP contribution is 2.30. The minimum atomic E-state index is 0.479. The van der Waals surface area contributed by atoms with Crippen molar-refractivity contribution in [3.8, 4) is 0 Å². The van der Waals surface area contributed by atoms with Crippen LogP contribution in [0.4, 0.5) is 0 Å². The first-order valence-corrected chi connectivity index (χ1v) is 10.2. The zero-order valence-electron chi connectivity index (χ0n) is 15.8. The molecule has 0 amide bonds. The molecule has 2 aromatic carbocycles. The topological polar surface area (TPSA) is 3.24 Å². The summed E-state index contributed by atoms with van der Waals surface area (Å²) in [6.07, 6.45) is 6.56. The van der Waals surface area contributed by atoms with Gasteiger partial charge < -0.3 is 4.90 Å². The van der Waals surface area contributed by atoms with Crippen LogP contribution < -0.4 is 0 Å². The van der Waals surface area contributed by atoms with E-state index in [0.29, 0.717) is 5.92 Å². The van der Waals surface area contributed by atoms with E-state index in [1.165, 1.54) is 62.9 Å². The lowest BCUT2D eigenvalue weighted by atomic mass is 9.87. The van der Waals surface area contributed by atoms with Gasteiger partial charge in [0.25, 0.3) is 0 Å². The molecule has 1 atom stereocenters. The van der Waals surface area contributed by atoms with E-state index < -0.39 is 0 Å². The maximum absolute atomic E-state index is 6.06. The van der Waals surface area contributed by atoms with Gasteiger partial charge in [-0.05, 0) is 68.6 Å². The van der Waals surface area contributed by atoms with Crippen LogP contribution in [0, 0.1) is 0 Å². The summed E-state index contributed by atoms with van der Waals surface area (Å²) in [5.74, 6) is 0.479. The zero-order chi connectivity index (χ0) is 17.9. The smallest absolute Gasteiger partial charge is 0.0406 e. The Morgan fingerprint density at radius 1 is 0.840 bits per heavy atom. The average Bonchev–Trinajstić information content (AvgIpc) is 3.19. The van der Waals surface area contributed by atoms with Crippen LogP contribution in [-0.2, 0) is 0 Å². The van der Waals surface area contributed by atoms with Crippen molar-refractivity contribution in [2.75, 3.05) is 19.6 Å². The van der Waals surface area contributed by atoms with Gasteiger partial charge in [0.15, 0.2) is 0 Å². The lowest BCUT2D eigenvalue weighted by Crippen LogP contribution is -2.20. The molecule has 2 aromatic rings. The van der Waals surface area contributed by atoms with E-state index in [0.717, 1.165) is 5.02 Å². The van der Waals surface area contributed by atoms with Crippen LogP contribution in [-0.4, -0.2) is 24.5 Å². The van der Waals surface area contributed by atoms with Gasteiger partial charge in [-0.3, -0.25) is 0 Å². The summed E-state index contributed by atoms with van der Waals surface area (Å²) in [5.41, 5.74) is 2.79. The molecule has 1 nitrogen and oxygen atoms in total. The minimum absolute atomic E-state index is 0.479. The molecule has 136 valence electrons. The van der Waals surface area contributed by atoms with Crippen LogP contribution in [0.15, 0.2) is 54.6 Å². The number of unbranched alkanes of at least 4 members (excludes halogenated alkanes) is 1. The predicted molar refractivity (Wildman–Crippen MR) is 111 cm³/mol. The van der Waals surface area contributed by atoms with Crippen molar-refractivity contribution in [3.05, 3.63) is 70.7 Å². The van der Waals surface area contributed by atoms with Crippen molar-refractivity contribution in [2.45, 2.75) is 51.9 Å². The van der Waals surface area contributed by atoms with Gasteiger partial charge in [0.05, 0.1) is 0 Å². The third-order valence-electron chi connectivity index (χ3n) is 4.89. The molecule has 0 bridgehead atoms. The number of nitrogens with zero attached hydrogens (tertiary/aromatic N) is 1. The summed E-state index contributed by atoms with van der Waals surface area (Å²) < 4.78 is 0. The molecule has 1 aliphatic heterocycles. The third kappa shape index (κ3) is 6.49. The predicted octanol–water partition coefficient (Wildman–Crippen LogP) is 6.76. The lowest BCUT2D eigenvalue weighted by Gasteiger charge is -2.19. The molecular weight excluding hydrogens is 326 g/mol. The molecule has 0 saturated carbocycles. The van der Waals surface area contributed by atoms with Crippen LogP contribution >= 0.6 is 11.6 Å². The summed E-state index contributed by atoms with van der Waals surface area (Å²) in [4.78, 5) is 2.61. The third-order valence-corrected chi connectivity index (χ3v) is 5.14. The second-order valence-electron chi connectivity index (χ2n) is 6.56. The molecule has 0 spiro atoms. The first-order chi connectivity index (χ1) is 12.3. The van der Waals surface area contributed by atoms with Gasteiger partial charge in [0.2, 0.25) is 0 Å². The summed E-state index contributed by atoms with van der Waals surface area (Å²) >= 11 is 6.06. The molecule has 1 saturated heterocycles.